The monoisotopic (exact) mass is 456 g/mol. The molecule has 0 radical (unpaired) electrons. The van der Waals surface area contributed by atoms with Crippen LogP contribution in [-0.2, 0) is 26.3 Å². The molecule has 1 aliphatic carbocycles. The summed E-state index contributed by atoms with van der Waals surface area (Å²) in [7, 11) is 1.45. The number of nitrogens with one attached hydrogen (secondary N) is 2. The smallest absolute Gasteiger partial charge is 0.316 e. The summed E-state index contributed by atoms with van der Waals surface area (Å²) in [6, 6.07) is 26.2. The van der Waals surface area contributed by atoms with Crippen molar-refractivity contribution in [1.82, 2.24) is 10.8 Å². The highest BCUT2D eigenvalue weighted by atomic mass is 16.5. The van der Waals surface area contributed by atoms with Gasteiger partial charge in [-0.3, -0.25) is 14.8 Å². The first-order valence-electron chi connectivity index (χ1n) is 11.2. The summed E-state index contributed by atoms with van der Waals surface area (Å²) in [5.41, 5.74) is 6.18. The molecule has 0 aromatic heterocycles. The minimum Gasteiger partial charge on any atom is -0.468 e. The van der Waals surface area contributed by atoms with Crippen LogP contribution in [0.4, 0.5) is 0 Å². The maximum Gasteiger partial charge on any atom is 0.316 e. The van der Waals surface area contributed by atoms with Gasteiger partial charge in [0.2, 0.25) is 0 Å². The summed E-state index contributed by atoms with van der Waals surface area (Å²) in [6.07, 6.45) is 3.65. The Balaban J connectivity index is 1.37. The molecule has 34 heavy (non-hydrogen) atoms. The number of hydroxylamine groups is 1. The molecule has 2 atom stereocenters. The number of hydrogen-bond acceptors (Lipinski definition) is 5. The Morgan fingerprint density at radius 1 is 1.00 bits per heavy atom. The number of carbonyl (C=O) groups excluding carboxylic acids is 2. The van der Waals surface area contributed by atoms with Gasteiger partial charge in [-0.25, -0.2) is 5.48 Å². The second-order valence-corrected chi connectivity index (χ2v) is 8.49. The summed E-state index contributed by atoms with van der Waals surface area (Å²) in [5.74, 6) is -0.587. The summed E-state index contributed by atoms with van der Waals surface area (Å²) < 4.78 is 5.19. The van der Waals surface area contributed by atoms with Gasteiger partial charge in [-0.1, -0.05) is 78.9 Å². The molecular formula is C28H28N2O4. The van der Waals surface area contributed by atoms with Crippen LogP contribution in [0.15, 0.2) is 84.9 Å². The van der Waals surface area contributed by atoms with Crippen molar-refractivity contribution in [3.63, 3.8) is 0 Å². The van der Waals surface area contributed by atoms with Crippen molar-refractivity contribution in [2.24, 2.45) is 5.92 Å². The zero-order chi connectivity index (χ0) is 24.0. The van der Waals surface area contributed by atoms with Gasteiger partial charge in [0, 0.05) is 12.6 Å². The van der Waals surface area contributed by atoms with Crippen molar-refractivity contribution < 1.29 is 19.5 Å². The van der Waals surface area contributed by atoms with Gasteiger partial charge in [0.25, 0.3) is 5.91 Å². The summed E-state index contributed by atoms with van der Waals surface area (Å²) in [5, 5.41) is 12.0. The van der Waals surface area contributed by atoms with E-state index >= 15 is 0 Å². The topological polar surface area (TPSA) is 87.7 Å². The highest BCUT2D eigenvalue weighted by Gasteiger charge is 2.61. The van der Waals surface area contributed by atoms with E-state index in [-0.39, 0.29) is 11.9 Å². The first kappa shape index (κ1) is 23.4. The quantitative estimate of drug-likeness (QED) is 0.195. The summed E-state index contributed by atoms with van der Waals surface area (Å²) in [4.78, 5) is 23.8. The van der Waals surface area contributed by atoms with E-state index in [0.29, 0.717) is 13.1 Å². The van der Waals surface area contributed by atoms with E-state index in [1.54, 1.807) is 11.6 Å². The van der Waals surface area contributed by atoms with Crippen LogP contribution >= 0.6 is 0 Å². The second kappa shape index (κ2) is 10.5. The number of carbonyl (C=O) groups is 2. The minimum absolute atomic E-state index is 0.168. The van der Waals surface area contributed by atoms with Crippen LogP contribution in [0.1, 0.15) is 23.1 Å². The predicted octanol–water partition coefficient (Wildman–Crippen LogP) is 4.09. The third kappa shape index (κ3) is 5.09. The van der Waals surface area contributed by atoms with Crippen molar-refractivity contribution in [1.29, 1.82) is 0 Å². The summed E-state index contributed by atoms with van der Waals surface area (Å²) in [6.45, 7) is 1.37. The maximum atomic E-state index is 12.8. The molecule has 6 nitrogen and oxygen atoms in total. The average molecular weight is 457 g/mol. The largest absolute Gasteiger partial charge is 0.468 e. The number of benzene rings is 3. The lowest BCUT2D eigenvalue weighted by Gasteiger charge is -2.17. The molecule has 0 unspecified atom stereocenters. The molecule has 0 heterocycles. The van der Waals surface area contributed by atoms with Crippen molar-refractivity contribution in [2.45, 2.75) is 18.4 Å². The zero-order valence-corrected chi connectivity index (χ0v) is 19.0. The normalized spacial score (nSPS) is 19.1. The maximum absolute atomic E-state index is 12.8. The molecule has 4 rings (SSSR count). The fraction of sp³-hybridized carbons (Fsp3) is 0.214. The molecule has 174 valence electrons. The van der Waals surface area contributed by atoms with Crippen LogP contribution in [0.2, 0.25) is 0 Å². The first-order valence-corrected chi connectivity index (χ1v) is 11.2. The van der Waals surface area contributed by atoms with Crippen LogP contribution in [0.3, 0.4) is 0 Å². The molecule has 3 aromatic rings. The number of hydrogen-bond donors (Lipinski definition) is 3. The average Bonchev–Trinajstić information content (AvgIpc) is 3.63. The lowest BCUT2D eigenvalue weighted by atomic mass is 9.91. The van der Waals surface area contributed by atoms with Crippen molar-refractivity contribution in [3.05, 3.63) is 102 Å². The highest BCUT2D eigenvalue weighted by Crippen LogP contribution is 2.55. The van der Waals surface area contributed by atoms with Crippen molar-refractivity contribution in [3.8, 4) is 11.1 Å². The number of esters is 1. The molecule has 3 N–H and O–H groups in total. The molecule has 1 amide bonds. The van der Waals surface area contributed by atoms with Gasteiger partial charge in [0.15, 0.2) is 0 Å². The van der Waals surface area contributed by atoms with Crippen molar-refractivity contribution >= 4 is 18.0 Å². The first-order chi connectivity index (χ1) is 16.6. The van der Waals surface area contributed by atoms with Gasteiger partial charge in [0.05, 0.1) is 12.5 Å². The molecular weight excluding hydrogens is 428 g/mol. The van der Waals surface area contributed by atoms with Gasteiger partial charge >= 0.3 is 5.97 Å². The third-order valence-electron chi connectivity index (χ3n) is 6.40. The number of amides is 1. The van der Waals surface area contributed by atoms with E-state index < -0.39 is 11.3 Å². The number of rotatable bonds is 9. The van der Waals surface area contributed by atoms with E-state index in [9.17, 15) is 9.59 Å². The molecule has 0 spiro atoms. The Hall–Kier alpha value is -3.74. The Morgan fingerprint density at radius 3 is 2.32 bits per heavy atom. The van der Waals surface area contributed by atoms with Gasteiger partial charge in [-0.2, -0.15) is 0 Å². The third-order valence-corrected chi connectivity index (χ3v) is 6.40. The fourth-order valence-electron chi connectivity index (χ4n) is 4.42. The van der Waals surface area contributed by atoms with E-state index in [0.717, 1.165) is 34.2 Å². The Labute approximate surface area is 199 Å². The second-order valence-electron chi connectivity index (χ2n) is 8.49. The Kier molecular flexibility index (Phi) is 7.21. The van der Waals surface area contributed by atoms with Crippen LogP contribution in [0.5, 0.6) is 0 Å². The van der Waals surface area contributed by atoms with Crippen LogP contribution in [0.25, 0.3) is 17.2 Å². The fourth-order valence-corrected chi connectivity index (χ4v) is 4.42. The van der Waals surface area contributed by atoms with Crippen molar-refractivity contribution in [2.75, 3.05) is 13.7 Å². The van der Waals surface area contributed by atoms with E-state index in [4.69, 9.17) is 9.94 Å². The van der Waals surface area contributed by atoms with E-state index in [1.165, 1.54) is 13.2 Å². The standard InChI is InChI=1S/C28H28N2O4/c1-34-27(32)28(24-14-12-23(13-15-24)22-5-3-2-4-6-22)17-25(28)19-29-18-21-9-7-20(8-10-21)11-16-26(31)30-33/h2-16,25,29,33H,17-19H2,1H3,(H,30,31)/b16-11+/t25-,28-/m0/s1. The Morgan fingerprint density at radius 2 is 1.68 bits per heavy atom. The van der Waals surface area contributed by atoms with Gasteiger partial charge in [0.1, 0.15) is 0 Å². The van der Waals surface area contributed by atoms with Crippen LogP contribution in [0, 0.1) is 5.92 Å². The molecule has 3 aromatic carbocycles. The lowest BCUT2D eigenvalue weighted by molar-refractivity contribution is -0.144. The van der Waals surface area contributed by atoms with Gasteiger partial charge in [-0.05, 0) is 52.8 Å². The van der Waals surface area contributed by atoms with Gasteiger partial charge < -0.3 is 10.1 Å². The molecule has 0 bridgehead atoms. The number of methoxy groups -OCH3 is 1. The molecule has 1 saturated carbocycles. The molecule has 1 aliphatic rings. The predicted molar refractivity (Wildman–Crippen MR) is 131 cm³/mol. The summed E-state index contributed by atoms with van der Waals surface area (Å²) >= 11 is 0. The zero-order valence-electron chi connectivity index (χ0n) is 19.0. The number of ether oxygens (including phenoxy) is 1. The Bertz CT molecular complexity index is 1160. The molecule has 0 aliphatic heterocycles. The molecule has 6 heteroatoms. The van der Waals surface area contributed by atoms with Gasteiger partial charge in [-0.15, -0.1) is 0 Å². The highest BCUT2D eigenvalue weighted by molar-refractivity contribution is 5.90. The molecule has 1 fully saturated rings. The van der Waals surface area contributed by atoms with E-state index in [1.807, 2.05) is 54.6 Å². The van der Waals surface area contributed by atoms with E-state index in [2.05, 4.69) is 29.6 Å². The van der Waals surface area contributed by atoms with Crippen LogP contribution < -0.4 is 10.8 Å². The van der Waals surface area contributed by atoms with Crippen LogP contribution in [-0.4, -0.2) is 30.7 Å². The SMILES string of the molecule is COC(=O)[C@]1(c2ccc(-c3ccccc3)cc2)C[C@H]1CNCc1ccc(/C=C/C(=O)NO)cc1. The minimum atomic E-state index is -0.598. The lowest BCUT2D eigenvalue weighted by Crippen LogP contribution is -2.28. The molecule has 0 saturated heterocycles.